The van der Waals surface area contributed by atoms with Crippen LogP contribution in [0.1, 0.15) is 37.7 Å². The van der Waals surface area contributed by atoms with E-state index in [9.17, 15) is 24.3 Å². The van der Waals surface area contributed by atoms with Crippen LogP contribution in [0.3, 0.4) is 0 Å². The Kier molecular flexibility index (Phi) is 6.75. The molecule has 192 valence electrons. The largest absolute Gasteiger partial charge is 0.506 e. The van der Waals surface area contributed by atoms with Crippen molar-refractivity contribution in [1.82, 2.24) is 19.8 Å². The van der Waals surface area contributed by atoms with Gasteiger partial charge in [-0.2, -0.15) is 0 Å². The number of pyridine rings is 1. The highest BCUT2D eigenvalue weighted by Crippen LogP contribution is 2.33. The van der Waals surface area contributed by atoms with Crippen molar-refractivity contribution in [1.29, 1.82) is 0 Å². The number of aliphatic carboxylic acids is 1. The first-order valence-electron chi connectivity index (χ1n) is 11.6. The molecule has 38 heavy (non-hydrogen) atoms. The third-order valence-corrected chi connectivity index (χ3v) is 6.90. The lowest BCUT2D eigenvalue weighted by molar-refractivity contribution is -0.135. The van der Waals surface area contributed by atoms with Crippen molar-refractivity contribution < 1.29 is 24.6 Å². The second kappa shape index (κ2) is 10.3. The normalized spacial score (nSPS) is 12.3. The highest BCUT2D eigenvalue weighted by Gasteiger charge is 2.34. The van der Waals surface area contributed by atoms with Crippen LogP contribution in [0.15, 0.2) is 70.3 Å². The number of fused-ring (bicyclic) bond motifs is 1. The zero-order chi connectivity index (χ0) is 26.8. The van der Waals surface area contributed by atoms with Crippen molar-refractivity contribution in [3.8, 4) is 16.9 Å². The van der Waals surface area contributed by atoms with Crippen LogP contribution < -0.4 is 10.9 Å². The summed E-state index contributed by atoms with van der Waals surface area (Å²) in [6.45, 7) is -0.643. The third-order valence-electron chi connectivity index (χ3n) is 6.31. The van der Waals surface area contributed by atoms with Crippen LogP contribution in [0.2, 0.25) is 0 Å². The van der Waals surface area contributed by atoms with E-state index in [0.29, 0.717) is 5.69 Å². The fraction of sp³-hybridized carbons (Fsp3) is 0.148. The smallest absolute Gasteiger partial charge is 0.322 e. The number of hydrogen-bond donors (Lipinski definition) is 3. The van der Waals surface area contributed by atoms with Crippen LogP contribution in [0.25, 0.3) is 11.1 Å². The number of aromatic nitrogens is 2. The van der Waals surface area contributed by atoms with Gasteiger partial charge in [-0.05, 0) is 16.7 Å². The van der Waals surface area contributed by atoms with Gasteiger partial charge < -0.3 is 25.0 Å². The molecule has 0 unspecified atom stereocenters. The third kappa shape index (κ3) is 4.78. The van der Waals surface area contributed by atoms with Crippen molar-refractivity contribution in [2.45, 2.75) is 19.6 Å². The van der Waals surface area contributed by atoms with Crippen molar-refractivity contribution >= 4 is 29.1 Å². The molecule has 2 aromatic carbocycles. The average Bonchev–Trinajstić information content (AvgIpc) is 3.62. The predicted molar refractivity (Wildman–Crippen MR) is 139 cm³/mol. The molecule has 10 nitrogen and oxygen atoms in total. The summed E-state index contributed by atoms with van der Waals surface area (Å²) in [4.78, 5) is 55.7. The Morgan fingerprint density at radius 1 is 1.00 bits per heavy atom. The van der Waals surface area contributed by atoms with E-state index < -0.39 is 35.3 Å². The van der Waals surface area contributed by atoms with E-state index in [-0.39, 0.29) is 36.8 Å². The Labute approximate surface area is 220 Å². The molecule has 0 aliphatic carbocycles. The van der Waals surface area contributed by atoms with Crippen molar-refractivity contribution in [3.05, 3.63) is 104 Å². The number of rotatable bonds is 7. The molecule has 0 radical (unpaired) electrons. The van der Waals surface area contributed by atoms with Crippen LogP contribution in [-0.4, -0.2) is 49.0 Å². The standard InChI is InChI=1S/C27H22N4O6S/c32-22(33)10-28-25(35)23-24(34)19-12-30(26(36)20-14-38-15-29-20)13-21(19)31(27(23)37)11-16-6-8-18(9-7-16)17-4-2-1-3-5-17/h1-9,14-15,34H,10-13H2,(H,28,35)(H,32,33). The van der Waals surface area contributed by atoms with E-state index in [0.717, 1.165) is 16.7 Å². The van der Waals surface area contributed by atoms with Crippen LogP contribution >= 0.6 is 11.3 Å². The van der Waals surface area contributed by atoms with Gasteiger partial charge in [-0.3, -0.25) is 19.2 Å². The molecule has 0 spiro atoms. The summed E-state index contributed by atoms with van der Waals surface area (Å²) in [5.74, 6) is -3.23. The fourth-order valence-electron chi connectivity index (χ4n) is 4.44. The van der Waals surface area contributed by atoms with Crippen LogP contribution in [0.4, 0.5) is 0 Å². The lowest BCUT2D eigenvalue weighted by Gasteiger charge is -2.16. The average molecular weight is 531 g/mol. The number of carboxylic acids is 1. The van der Waals surface area contributed by atoms with Gasteiger partial charge in [0.15, 0.2) is 0 Å². The van der Waals surface area contributed by atoms with E-state index in [2.05, 4.69) is 10.3 Å². The minimum Gasteiger partial charge on any atom is -0.506 e. The van der Waals surface area contributed by atoms with E-state index in [1.807, 2.05) is 54.6 Å². The van der Waals surface area contributed by atoms with Gasteiger partial charge in [-0.25, -0.2) is 4.98 Å². The molecule has 2 amide bonds. The van der Waals surface area contributed by atoms with Gasteiger partial charge >= 0.3 is 5.97 Å². The van der Waals surface area contributed by atoms with Crippen LogP contribution in [0.5, 0.6) is 5.75 Å². The number of thiazole rings is 1. The van der Waals surface area contributed by atoms with Crippen molar-refractivity contribution in [2.75, 3.05) is 6.54 Å². The highest BCUT2D eigenvalue weighted by atomic mass is 32.1. The molecule has 0 atom stereocenters. The number of carbonyl (C=O) groups is 3. The predicted octanol–water partition coefficient (Wildman–Crippen LogP) is 2.70. The van der Waals surface area contributed by atoms with Gasteiger partial charge in [0.2, 0.25) is 0 Å². The summed E-state index contributed by atoms with van der Waals surface area (Å²) >= 11 is 1.27. The van der Waals surface area contributed by atoms with Gasteiger partial charge in [0, 0.05) is 16.6 Å². The zero-order valence-electron chi connectivity index (χ0n) is 20.0. The zero-order valence-corrected chi connectivity index (χ0v) is 20.8. The van der Waals surface area contributed by atoms with Gasteiger partial charge in [0.05, 0.1) is 25.1 Å². The van der Waals surface area contributed by atoms with Gasteiger partial charge in [0.25, 0.3) is 17.4 Å². The maximum absolute atomic E-state index is 13.5. The van der Waals surface area contributed by atoms with Gasteiger partial charge in [-0.15, -0.1) is 11.3 Å². The second-order valence-electron chi connectivity index (χ2n) is 8.71. The van der Waals surface area contributed by atoms with Crippen LogP contribution in [-0.2, 0) is 24.4 Å². The number of carboxylic acid groups (broad SMARTS) is 1. The Bertz CT molecular complexity index is 1580. The monoisotopic (exact) mass is 530 g/mol. The first kappa shape index (κ1) is 24.9. The molecule has 0 saturated heterocycles. The van der Waals surface area contributed by atoms with E-state index in [4.69, 9.17) is 5.11 Å². The summed E-state index contributed by atoms with van der Waals surface area (Å²) in [6, 6.07) is 17.4. The number of amides is 2. The summed E-state index contributed by atoms with van der Waals surface area (Å²) in [6.07, 6.45) is 0. The topological polar surface area (TPSA) is 142 Å². The highest BCUT2D eigenvalue weighted by molar-refractivity contribution is 7.07. The maximum atomic E-state index is 13.5. The molecular weight excluding hydrogens is 508 g/mol. The first-order chi connectivity index (χ1) is 18.3. The molecule has 2 aromatic heterocycles. The van der Waals surface area contributed by atoms with Gasteiger partial charge in [-0.1, -0.05) is 54.6 Å². The summed E-state index contributed by atoms with van der Waals surface area (Å²) in [7, 11) is 0. The number of benzene rings is 2. The molecule has 0 fully saturated rings. The Hall–Kier alpha value is -4.77. The number of aromatic hydroxyl groups is 1. The summed E-state index contributed by atoms with van der Waals surface area (Å²) in [5, 5.41) is 23.6. The molecule has 11 heteroatoms. The quantitative estimate of drug-likeness (QED) is 0.334. The Morgan fingerprint density at radius 3 is 2.37 bits per heavy atom. The molecule has 3 N–H and O–H groups in total. The molecule has 1 aliphatic rings. The number of nitrogens with one attached hydrogen (secondary N) is 1. The number of nitrogens with zero attached hydrogens (tertiary/aromatic N) is 3. The molecule has 0 saturated carbocycles. The Balaban J connectivity index is 1.53. The van der Waals surface area contributed by atoms with Crippen molar-refractivity contribution in [3.63, 3.8) is 0 Å². The minimum atomic E-state index is -1.29. The summed E-state index contributed by atoms with van der Waals surface area (Å²) < 4.78 is 1.36. The molecule has 3 heterocycles. The van der Waals surface area contributed by atoms with Crippen molar-refractivity contribution in [2.24, 2.45) is 0 Å². The molecule has 0 bridgehead atoms. The van der Waals surface area contributed by atoms with E-state index in [1.54, 1.807) is 5.38 Å². The molecule has 5 rings (SSSR count). The molecular formula is C27H22N4O6S. The second-order valence-corrected chi connectivity index (χ2v) is 9.43. The maximum Gasteiger partial charge on any atom is 0.322 e. The van der Waals surface area contributed by atoms with Crippen LogP contribution in [0, 0.1) is 0 Å². The van der Waals surface area contributed by atoms with Gasteiger partial charge in [0.1, 0.15) is 23.6 Å². The Morgan fingerprint density at radius 2 is 1.71 bits per heavy atom. The number of carbonyl (C=O) groups excluding carboxylic acids is 2. The lowest BCUT2D eigenvalue weighted by atomic mass is 10.0. The number of hydrogen-bond acceptors (Lipinski definition) is 7. The summed E-state index contributed by atoms with van der Waals surface area (Å²) in [5.41, 5.74) is 3.89. The first-order valence-corrected chi connectivity index (χ1v) is 12.6. The fourth-order valence-corrected chi connectivity index (χ4v) is 4.97. The lowest BCUT2D eigenvalue weighted by Crippen LogP contribution is -2.37. The van der Waals surface area contributed by atoms with E-state index >= 15 is 0 Å². The SMILES string of the molecule is O=C(O)CNC(=O)c1c(O)c2c(n(Cc3ccc(-c4ccccc4)cc3)c1=O)CN(C(=O)c1cscn1)C2. The molecule has 4 aromatic rings. The minimum absolute atomic E-state index is 0.0353. The van der Waals surface area contributed by atoms with E-state index in [1.165, 1.54) is 26.3 Å². The molecule has 1 aliphatic heterocycles.